The number of aryl methyl sites for hydroxylation is 1. The van der Waals surface area contributed by atoms with Crippen LogP contribution in [0.2, 0.25) is 0 Å². The largest absolute Gasteiger partial charge is 0.224 e. The average Bonchev–Trinajstić information content (AvgIpc) is 2.34. The lowest BCUT2D eigenvalue weighted by Crippen LogP contribution is -2.05. The summed E-state index contributed by atoms with van der Waals surface area (Å²) in [6.07, 6.45) is 5.34. The van der Waals surface area contributed by atoms with Gasteiger partial charge in [-0.1, -0.05) is 56.2 Å². The molecule has 1 rings (SSSR count). The fourth-order valence-corrected chi connectivity index (χ4v) is 2.60. The van der Waals surface area contributed by atoms with Gasteiger partial charge in [0.25, 0.3) is 0 Å². The van der Waals surface area contributed by atoms with Crippen molar-refractivity contribution in [1.82, 2.24) is 0 Å². The molecule has 0 N–H and O–H groups in total. The number of benzene rings is 1. The maximum absolute atomic E-state index is 11.7. The van der Waals surface area contributed by atoms with Gasteiger partial charge in [0.1, 0.15) is 0 Å². The van der Waals surface area contributed by atoms with E-state index in [1.54, 1.807) is 6.08 Å². The lowest BCUT2D eigenvalue weighted by Gasteiger charge is -2.00. The van der Waals surface area contributed by atoms with Gasteiger partial charge in [0.15, 0.2) is 9.84 Å². The zero-order valence-corrected chi connectivity index (χ0v) is 11.1. The lowest BCUT2D eigenvalue weighted by atomic mass is 10.2. The van der Waals surface area contributed by atoms with Crippen LogP contribution in [0.4, 0.5) is 0 Å². The average molecular weight is 252 g/mol. The second-order valence-electron chi connectivity index (χ2n) is 4.12. The van der Waals surface area contributed by atoms with Crippen LogP contribution in [0.5, 0.6) is 0 Å². The zero-order valence-electron chi connectivity index (χ0n) is 10.3. The summed E-state index contributed by atoms with van der Waals surface area (Å²) in [5.41, 5.74) is 1.07. The van der Waals surface area contributed by atoms with Gasteiger partial charge in [0, 0.05) is 5.41 Å². The van der Waals surface area contributed by atoms with Crippen molar-refractivity contribution in [1.29, 1.82) is 0 Å². The van der Waals surface area contributed by atoms with Crippen LogP contribution in [0.3, 0.4) is 0 Å². The Morgan fingerprint density at radius 1 is 1.18 bits per heavy atom. The zero-order chi connectivity index (χ0) is 12.6. The van der Waals surface area contributed by atoms with Crippen molar-refractivity contribution >= 4 is 9.84 Å². The van der Waals surface area contributed by atoms with E-state index in [2.05, 4.69) is 6.92 Å². The van der Waals surface area contributed by atoms with Crippen molar-refractivity contribution in [2.24, 2.45) is 0 Å². The smallest absolute Gasteiger partial charge is 0.171 e. The predicted molar refractivity (Wildman–Crippen MR) is 72.6 cm³/mol. The quantitative estimate of drug-likeness (QED) is 0.697. The molecule has 1 aromatic rings. The van der Waals surface area contributed by atoms with E-state index >= 15 is 0 Å². The summed E-state index contributed by atoms with van der Waals surface area (Å²) in [6.45, 7) is 2.09. The molecule has 0 unspecified atom stereocenters. The van der Waals surface area contributed by atoms with Gasteiger partial charge in [0.05, 0.1) is 5.75 Å². The van der Waals surface area contributed by atoms with Crippen LogP contribution in [0, 0.1) is 0 Å². The molecule has 0 aromatic heterocycles. The first-order valence-corrected chi connectivity index (χ1v) is 7.79. The topological polar surface area (TPSA) is 34.1 Å². The Hall–Kier alpha value is -1.09. The maximum atomic E-state index is 11.7. The Balaban J connectivity index is 2.42. The summed E-state index contributed by atoms with van der Waals surface area (Å²) < 4.78 is 23.4. The van der Waals surface area contributed by atoms with E-state index in [1.165, 1.54) is 5.41 Å². The summed E-state index contributed by atoms with van der Waals surface area (Å²) in [4.78, 5) is 0. The molecule has 0 fully saturated rings. The number of hydrogen-bond acceptors (Lipinski definition) is 2. The van der Waals surface area contributed by atoms with E-state index in [-0.39, 0.29) is 5.75 Å². The third kappa shape index (κ3) is 6.27. The Morgan fingerprint density at radius 3 is 2.53 bits per heavy atom. The van der Waals surface area contributed by atoms with Crippen LogP contribution in [-0.2, 0) is 16.3 Å². The standard InChI is InChI=1S/C14H20O2S/c1-2-3-4-8-12-17(15,16)13-11-14-9-6-5-7-10-14/h5-10,12H,2-4,11,13H2,1H3/b12-8+. The summed E-state index contributed by atoms with van der Waals surface area (Å²) in [7, 11) is -3.04. The van der Waals surface area contributed by atoms with Gasteiger partial charge in [-0.15, -0.1) is 0 Å². The molecule has 0 aliphatic carbocycles. The molecule has 2 nitrogen and oxygen atoms in total. The van der Waals surface area contributed by atoms with Crippen LogP contribution in [0.1, 0.15) is 31.7 Å². The molecule has 0 aliphatic heterocycles. The first-order chi connectivity index (χ1) is 8.14. The van der Waals surface area contributed by atoms with Crippen LogP contribution in [0.15, 0.2) is 41.8 Å². The van der Waals surface area contributed by atoms with Crippen molar-refractivity contribution in [3.8, 4) is 0 Å². The van der Waals surface area contributed by atoms with E-state index in [4.69, 9.17) is 0 Å². The number of hydrogen-bond donors (Lipinski definition) is 0. The molecule has 0 saturated heterocycles. The highest BCUT2D eigenvalue weighted by molar-refractivity contribution is 7.94. The summed E-state index contributed by atoms with van der Waals surface area (Å²) in [6, 6.07) is 9.70. The molecule has 0 bridgehead atoms. The maximum Gasteiger partial charge on any atom is 0.171 e. The van der Waals surface area contributed by atoms with Gasteiger partial charge < -0.3 is 0 Å². The minimum Gasteiger partial charge on any atom is -0.224 e. The molecule has 3 heteroatoms. The van der Waals surface area contributed by atoms with E-state index in [9.17, 15) is 8.42 Å². The summed E-state index contributed by atoms with van der Waals surface area (Å²) in [5, 5.41) is 1.37. The summed E-state index contributed by atoms with van der Waals surface area (Å²) >= 11 is 0. The summed E-state index contributed by atoms with van der Waals surface area (Å²) in [5.74, 6) is 0.194. The fourth-order valence-electron chi connectivity index (χ4n) is 1.51. The first kappa shape index (κ1) is 14.0. The second-order valence-corrected chi connectivity index (χ2v) is 6.12. The van der Waals surface area contributed by atoms with E-state index in [0.717, 1.165) is 24.8 Å². The number of sulfone groups is 1. The predicted octanol–water partition coefficient (Wildman–Crippen LogP) is 3.35. The molecule has 0 radical (unpaired) electrons. The molecular formula is C14H20O2S. The van der Waals surface area contributed by atoms with Crippen LogP contribution in [-0.4, -0.2) is 14.2 Å². The Labute approximate surface area is 104 Å². The highest BCUT2D eigenvalue weighted by atomic mass is 32.2. The van der Waals surface area contributed by atoms with Crippen LogP contribution < -0.4 is 0 Å². The number of unbranched alkanes of at least 4 members (excludes halogenated alkanes) is 2. The Morgan fingerprint density at radius 2 is 1.88 bits per heavy atom. The van der Waals surface area contributed by atoms with Crippen molar-refractivity contribution < 1.29 is 8.42 Å². The highest BCUT2D eigenvalue weighted by Crippen LogP contribution is 2.04. The Bertz CT molecular complexity index is 433. The van der Waals surface area contributed by atoms with Crippen LogP contribution >= 0.6 is 0 Å². The second kappa shape index (κ2) is 7.28. The SMILES string of the molecule is CCCC/C=C/S(=O)(=O)CCc1ccccc1. The molecule has 1 aromatic carbocycles. The van der Waals surface area contributed by atoms with Gasteiger partial charge >= 0.3 is 0 Å². The van der Waals surface area contributed by atoms with Gasteiger partial charge in [0.2, 0.25) is 0 Å². The van der Waals surface area contributed by atoms with Crippen molar-refractivity contribution in [2.75, 3.05) is 5.75 Å². The normalized spacial score (nSPS) is 12.1. The van der Waals surface area contributed by atoms with E-state index < -0.39 is 9.84 Å². The molecule has 0 atom stereocenters. The van der Waals surface area contributed by atoms with E-state index in [1.807, 2.05) is 30.3 Å². The highest BCUT2D eigenvalue weighted by Gasteiger charge is 2.05. The third-order valence-corrected chi connectivity index (χ3v) is 3.93. The number of rotatable bonds is 7. The molecule has 0 saturated carbocycles. The van der Waals surface area contributed by atoms with E-state index in [0.29, 0.717) is 6.42 Å². The van der Waals surface area contributed by atoms with Gasteiger partial charge in [-0.25, -0.2) is 8.42 Å². The van der Waals surface area contributed by atoms with Crippen molar-refractivity contribution in [3.05, 3.63) is 47.4 Å². The molecule has 17 heavy (non-hydrogen) atoms. The van der Waals surface area contributed by atoms with Crippen molar-refractivity contribution in [3.63, 3.8) is 0 Å². The minimum atomic E-state index is -3.04. The molecule has 94 valence electrons. The molecule has 0 amide bonds. The molecule has 0 heterocycles. The first-order valence-electron chi connectivity index (χ1n) is 6.07. The number of allylic oxidation sites excluding steroid dienone is 1. The van der Waals surface area contributed by atoms with Crippen molar-refractivity contribution in [2.45, 2.75) is 32.6 Å². The molecule has 0 spiro atoms. The lowest BCUT2D eigenvalue weighted by molar-refractivity contribution is 0.603. The van der Waals surface area contributed by atoms with Gasteiger partial charge in [-0.3, -0.25) is 0 Å². The third-order valence-electron chi connectivity index (χ3n) is 2.55. The molecular weight excluding hydrogens is 232 g/mol. The minimum absolute atomic E-state index is 0.194. The molecule has 0 aliphatic rings. The van der Waals surface area contributed by atoms with Gasteiger partial charge in [-0.2, -0.15) is 0 Å². The fraction of sp³-hybridized carbons (Fsp3) is 0.429. The van der Waals surface area contributed by atoms with Gasteiger partial charge in [-0.05, 0) is 18.4 Å². The van der Waals surface area contributed by atoms with Crippen LogP contribution in [0.25, 0.3) is 0 Å². The Kier molecular flexibility index (Phi) is 5.98. The monoisotopic (exact) mass is 252 g/mol.